The molecule has 13 heteroatoms. The van der Waals surface area contributed by atoms with Gasteiger partial charge in [-0.3, -0.25) is 19.4 Å². The Morgan fingerprint density at radius 1 is 1.11 bits per heavy atom. The standard InChI is InChI=1S/C24H27N9O4/c1-25-23(35)20-15(10-18(31-32-20)30-19(34)9-13-5-6-13)29-22-21(37-4)14(7-8-26-22)16-11-28-17(12-27-16)24(36)33(2)3/h7-8,10-13H,5-6,9H2,1-4H3,(H,25,35)(H2,26,29,30,31,34). The summed E-state index contributed by atoms with van der Waals surface area (Å²) in [6.45, 7) is 0. The second-order valence-corrected chi connectivity index (χ2v) is 8.62. The van der Waals surface area contributed by atoms with Crippen LogP contribution in [0, 0.1) is 5.92 Å². The quantitative estimate of drug-likeness (QED) is 0.391. The van der Waals surface area contributed by atoms with Gasteiger partial charge in [-0.2, -0.15) is 0 Å². The molecule has 192 valence electrons. The van der Waals surface area contributed by atoms with Crippen molar-refractivity contribution >= 4 is 35.0 Å². The highest BCUT2D eigenvalue weighted by atomic mass is 16.5. The Bertz CT molecular complexity index is 1320. The Morgan fingerprint density at radius 2 is 1.89 bits per heavy atom. The third-order valence-corrected chi connectivity index (χ3v) is 5.59. The number of nitrogens with one attached hydrogen (secondary N) is 3. The minimum absolute atomic E-state index is 0.00305. The van der Waals surface area contributed by atoms with Crippen LogP contribution in [0.1, 0.15) is 40.2 Å². The van der Waals surface area contributed by atoms with Gasteiger partial charge in [0, 0.05) is 45.4 Å². The number of hydrogen-bond acceptors (Lipinski definition) is 10. The number of methoxy groups -OCH3 is 1. The number of carbonyl (C=O) groups excluding carboxylic acids is 3. The average molecular weight is 506 g/mol. The Balaban J connectivity index is 1.66. The van der Waals surface area contributed by atoms with Crippen molar-refractivity contribution in [3.63, 3.8) is 0 Å². The summed E-state index contributed by atoms with van der Waals surface area (Å²) >= 11 is 0. The molecule has 1 fully saturated rings. The summed E-state index contributed by atoms with van der Waals surface area (Å²) in [6, 6.07) is 3.20. The van der Waals surface area contributed by atoms with Crippen molar-refractivity contribution in [3.8, 4) is 17.0 Å². The summed E-state index contributed by atoms with van der Waals surface area (Å²) in [6.07, 6.45) is 6.89. The number of rotatable bonds is 9. The summed E-state index contributed by atoms with van der Waals surface area (Å²) in [5, 5.41) is 16.3. The first-order chi connectivity index (χ1) is 17.8. The van der Waals surface area contributed by atoms with Crippen LogP contribution in [0.4, 0.5) is 17.3 Å². The average Bonchev–Trinajstić information content (AvgIpc) is 3.71. The Hall–Kier alpha value is -4.68. The molecule has 1 aliphatic rings. The number of ether oxygens (including phenoxy) is 1. The lowest BCUT2D eigenvalue weighted by Crippen LogP contribution is -2.23. The molecule has 13 nitrogen and oxygen atoms in total. The fourth-order valence-electron chi connectivity index (χ4n) is 3.49. The van der Waals surface area contributed by atoms with Crippen LogP contribution in [0.25, 0.3) is 11.3 Å². The van der Waals surface area contributed by atoms with Crippen LogP contribution in [0.2, 0.25) is 0 Å². The van der Waals surface area contributed by atoms with Crippen LogP contribution in [0.3, 0.4) is 0 Å². The van der Waals surface area contributed by atoms with Gasteiger partial charge in [0.15, 0.2) is 23.1 Å². The van der Waals surface area contributed by atoms with Crippen LogP contribution >= 0.6 is 0 Å². The maximum Gasteiger partial charge on any atom is 0.273 e. The van der Waals surface area contributed by atoms with Gasteiger partial charge in [0.1, 0.15) is 5.69 Å². The molecule has 3 aromatic heterocycles. The molecule has 0 spiro atoms. The largest absolute Gasteiger partial charge is 0.492 e. The smallest absolute Gasteiger partial charge is 0.273 e. The highest BCUT2D eigenvalue weighted by Gasteiger charge is 2.25. The molecule has 0 unspecified atom stereocenters. The van der Waals surface area contributed by atoms with E-state index in [1.54, 1.807) is 20.2 Å². The molecule has 3 amide bonds. The highest BCUT2D eigenvalue weighted by Crippen LogP contribution is 2.36. The topological polar surface area (TPSA) is 164 Å². The molecular weight excluding hydrogens is 478 g/mol. The van der Waals surface area contributed by atoms with Gasteiger partial charge in [0.25, 0.3) is 11.8 Å². The zero-order valence-electron chi connectivity index (χ0n) is 20.9. The van der Waals surface area contributed by atoms with Crippen molar-refractivity contribution < 1.29 is 19.1 Å². The van der Waals surface area contributed by atoms with Crippen molar-refractivity contribution in [1.82, 2.24) is 35.4 Å². The molecule has 37 heavy (non-hydrogen) atoms. The summed E-state index contributed by atoms with van der Waals surface area (Å²) < 4.78 is 5.62. The van der Waals surface area contributed by atoms with E-state index in [4.69, 9.17) is 4.74 Å². The fourth-order valence-corrected chi connectivity index (χ4v) is 3.49. The van der Waals surface area contributed by atoms with Crippen molar-refractivity contribution in [2.75, 3.05) is 38.9 Å². The normalized spacial score (nSPS) is 12.4. The summed E-state index contributed by atoms with van der Waals surface area (Å²) in [7, 11) is 6.21. The van der Waals surface area contributed by atoms with Gasteiger partial charge in [-0.15, -0.1) is 10.2 Å². The van der Waals surface area contributed by atoms with Crippen LogP contribution in [-0.2, 0) is 4.79 Å². The fraction of sp³-hybridized carbons (Fsp3) is 0.333. The summed E-state index contributed by atoms with van der Waals surface area (Å²) in [5.41, 5.74) is 1.47. The van der Waals surface area contributed by atoms with Gasteiger partial charge in [-0.25, -0.2) is 9.97 Å². The molecule has 0 atom stereocenters. The van der Waals surface area contributed by atoms with Crippen LogP contribution in [0.5, 0.6) is 5.75 Å². The lowest BCUT2D eigenvalue weighted by atomic mass is 10.1. The zero-order valence-corrected chi connectivity index (χ0v) is 20.9. The van der Waals surface area contributed by atoms with E-state index in [2.05, 4.69) is 41.1 Å². The van der Waals surface area contributed by atoms with Crippen LogP contribution < -0.4 is 20.7 Å². The molecule has 3 aromatic rings. The SMILES string of the molecule is CNC(=O)c1nnc(NC(=O)CC2CC2)cc1Nc1nccc(-c2cnc(C(=O)N(C)C)cn2)c1OC. The molecule has 0 aliphatic heterocycles. The third-order valence-electron chi connectivity index (χ3n) is 5.59. The molecule has 4 rings (SSSR count). The second kappa shape index (κ2) is 10.9. The van der Waals surface area contributed by atoms with Crippen molar-refractivity contribution in [2.45, 2.75) is 19.3 Å². The van der Waals surface area contributed by atoms with Crippen molar-refractivity contribution in [1.29, 1.82) is 0 Å². The molecule has 0 radical (unpaired) electrons. The van der Waals surface area contributed by atoms with Crippen LogP contribution in [-0.4, -0.2) is 76.0 Å². The number of pyridine rings is 1. The van der Waals surface area contributed by atoms with Gasteiger partial charge in [-0.05, 0) is 24.8 Å². The van der Waals surface area contributed by atoms with E-state index in [1.807, 2.05) is 0 Å². The molecule has 0 bridgehead atoms. The van der Waals surface area contributed by atoms with E-state index in [1.165, 1.54) is 43.7 Å². The lowest BCUT2D eigenvalue weighted by Gasteiger charge is -2.16. The second-order valence-electron chi connectivity index (χ2n) is 8.62. The number of hydrogen-bond donors (Lipinski definition) is 3. The minimum atomic E-state index is -0.479. The molecule has 1 saturated carbocycles. The van der Waals surface area contributed by atoms with E-state index in [0.717, 1.165) is 12.8 Å². The number of aromatic nitrogens is 5. The van der Waals surface area contributed by atoms with E-state index in [-0.39, 0.29) is 40.5 Å². The summed E-state index contributed by atoms with van der Waals surface area (Å²) in [5.74, 6) is 0.282. The Morgan fingerprint density at radius 3 is 2.51 bits per heavy atom. The predicted octanol–water partition coefficient (Wildman–Crippen LogP) is 1.88. The predicted molar refractivity (Wildman–Crippen MR) is 135 cm³/mol. The number of nitrogens with zero attached hydrogens (tertiary/aromatic N) is 6. The van der Waals surface area contributed by atoms with Gasteiger partial charge in [0.05, 0.1) is 30.9 Å². The van der Waals surface area contributed by atoms with E-state index >= 15 is 0 Å². The maximum absolute atomic E-state index is 12.4. The first-order valence-electron chi connectivity index (χ1n) is 11.5. The molecule has 3 N–H and O–H groups in total. The lowest BCUT2D eigenvalue weighted by molar-refractivity contribution is -0.116. The van der Waals surface area contributed by atoms with E-state index in [0.29, 0.717) is 29.3 Å². The molecule has 1 aliphatic carbocycles. The first kappa shape index (κ1) is 25.4. The highest BCUT2D eigenvalue weighted by molar-refractivity contribution is 5.99. The monoisotopic (exact) mass is 505 g/mol. The van der Waals surface area contributed by atoms with Crippen LogP contribution in [0.15, 0.2) is 30.7 Å². The molecule has 0 saturated heterocycles. The maximum atomic E-state index is 12.4. The Labute approximate surface area is 213 Å². The summed E-state index contributed by atoms with van der Waals surface area (Å²) in [4.78, 5) is 51.2. The van der Waals surface area contributed by atoms with Gasteiger partial charge >= 0.3 is 0 Å². The Kier molecular flexibility index (Phi) is 7.51. The van der Waals surface area contributed by atoms with E-state index < -0.39 is 5.91 Å². The number of anilines is 3. The first-order valence-corrected chi connectivity index (χ1v) is 11.5. The van der Waals surface area contributed by atoms with Gasteiger partial charge in [0.2, 0.25) is 5.91 Å². The molecule has 3 heterocycles. The minimum Gasteiger partial charge on any atom is -0.492 e. The van der Waals surface area contributed by atoms with E-state index in [9.17, 15) is 14.4 Å². The molecule has 0 aromatic carbocycles. The van der Waals surface area contributed by atoms with Gasteiger partial charge < -0.3 is 25.6 Å². The van der Waals surface area contributed by atoms with Crippen molar-refractivity contribution in [2.24, 2.45) is 5.92 Å². The number of carbonyl (C=O) groups is 3. The van der Waals surface area contributed by atoms with Crippen molar-refractivity contribution in [3.05, 3.63) is 42.1 Å². The molecular formula is C24H27N9O4. The third kappa shape index (κ3) is 5.94. The number of amides is 3. The van der Waals surface area contributed by atoms with Gasteiger partial charge in [-0.1, -0.05) is 0 Å². The zero-order chi connectivity index (χ0) is 26.5.